The highest BCUT2D eigenvalue weighted by Gasteiger charge is 2.20. The summed E-state index contributed by atoms with van der Waals surface area (Å²) in [6.07, 6.45) is 1.09. The molecule has 0 saturated heterocycles. The molecule has 3 rings (SSSR count). The van der Waals surface area contributed by atoms with E-state index in [1.54, 1.807) is 12.1 Å². The minimum atomic E-state index is -0.504. The summed E-state index contributed by atoms with van der Waals surface area (Å²) in [7, 11) is 0. The van der Waals surface area contributed by atoms with Crippen LogP contribution in [0.15, 0.2) is 41.4 Å². The number of aryl methyl sites for hydroxylation is 1. The molecule has 0 saturated carbocycles. The van der Waals surface area contributed by atoms with Crippen LogP contribution in [-0.2, 0) is 16.6 Å². The van der Waals surface area contributed by atoms with Crippen LogP contribution in [0.25, 0.3) is 0 Å². The van der Waals surface area contributed by atoms with Crippen LogP contribution in [0, 0.1) is 6.92 Å². The van der Waals surface area contributed by atoms with Gasteiger partial charge in [-0.2, -0.15) is 0 Å². The number of aliphatic hydroxyl groups is 1. The number of phenols is 1. The molecule has 7 heteroatoms. The molecule has 2 aromatic rings. The zero-order valence-corrected chi connectivity index (χ0v) is 22.0. The molecule has 1 aliphatic heterocycles. The van der Waals surface area contributed by atoms with Crippen LogP contribution in [0.3, 0.4) is 0 Å². The molecule has 194 valence electrons. The number of aliphatic imine (C=N–C) groups is 1. The Kier molecular flexibility index (Phi) is 8.90. The van der Waals surface area contributed by atoms with Crippen molar-refractivity contribution in [2.75, 3.05) is 19.6 Å². The molecule has 0 aliphatic carbocycles. The maximum atomic E-state index is 12.8. The molecular formula is C29H39N3O4. The second kappa shape index (κ2) is 11.7. The van der Waals surface area contributed by atoms with Gasteiger partial charge < -0.3 is 20.8 Å². The first-order valence-corrected chi connectivity index (χ1v) is 12.6. The Labute approximate surface area is 214 Å². The minimum absolute atomic E-state index is 0.0258. The lowest BCUT2D eigenvalue weighted by atomic mass is 9.82. The third-order valence-electron chi connectivity index (χ3n) is 6.50. The smallest absolute Gasteiger partial charge is 0.251 e. The lowest BCUT2D eigenvalue weighted by molar-refractivity contribution is -0.118. The highest BCUT2D eigenvalue weighted by molar-refractivity contribution is 5.97. The van der Waals surface area contributed by atoms with Crippen molar-refractivity contribution in [3.05, 3.63) is 64.2 Å². The standard InChI is InChI=1S/C29H39N3O4/c1-6-20(21-7-18(2)8-23(12-21)29(3,4)5)13-25(34)15-32-28(36)22-9-19(10-24(33)14-22)11-27-30-16-26(35)17-31-27/h7-10,12,14,20,26,33,35H,6,11,13,15-17H2,1-5H3,(H,30,31)(H,32,36)/t20-/m1/s1. The number of ketones is 1. The quantitative estimate of drug-likeness (QED) is 0.425. The Balaban J connectivity index is 1.62. The number of Topliss-reactive ketones (excluding diaryl/α,β-unsaturated/α-hetero) is 1. The zero-order chi connectivity index (χ0) is 26.5. The van der Waals surface area contributed by atoms with Crippen molar-refractivity contribution in [2.45, 2.75) is 71.3 Å². The number of carbonyl (C=O) groups excluding carboxylic acids is 2. The van der Waals surface area contributed by atoms with Crippen molar-refractivity contribution in [1.82, 2.24) is 10.6 Å². The molecule has 0 spiro atoms. The van der Waals surface area contributed by atoms with Gasteiger partial charge in [0.15, 0.2) is 5.78 Å². The first-order valence-electron chi connectivity index (χ1n) is 12.6. The molecule has 2 atom stereocenters. The second-order valence-electron chi connectivity index (χ2n) is 10.8. The number of aliphatic hydroxyl groups excluding tert-OH is 1. The Morgan fingerprint density at radius 3 is 2.56 bits per heavy atom. The highest BCUT2D eigenvalue weighted by Crippen LogP contribution is 2.30. The van der Waals surface area contributed by atoms with Crippen molar-refractivity contribution >= 4 is 17.5 Å². The summed E-state index contributed by atoms with van der Waals surface area (Å²) < 4.78 is 0. The first kappa shape index (κ1) is 27.4. The van der Waals surface area contributed by atoms with Gasteiger partial charge in [-0.25, -0.2) is 0 Å². The van der Waals surface area contributed by atoms with E-state index in [1.807, 2.05) is 0 Å². The maximum Gasteiger partial charge on any atom is 0.251 e. The second-order valence-corrected chi connectivity index (χ2v) is 10.8. The van der Waals surface area contributed by atoms with Crippen molar-refractivity contribution < 1.29 is 19.8 Å². The predicted molar refractivity (Wildman–Crippen MR) is 143 cm³/mol. The summed E-state index contributed by atoms with van der Waals surface area (Å²) in [6, 6.07) is 11.2. The van der Waals surface area contributed by atoms with Gasteiger partial charge in [-0.3, -0.25) is 14.6 Å². The van der Waals surface area contributed by atoms with Crippen LogP contribution in [0.5, 0.6) is 5.75 Å². The number of hydrogen-bond donors (Lipinski definition) is 4. The van der Waals surface area contributed by atoms with E-state index in [9.17, 15) is 19.8 Å². The number of nitrogens with zero attached hydrogens (tertiary/aromatic N) is 1. The minimum Gasteiger partial charge on any atom is -0.508 e. The van der Waals surface area contributed by atoms with E-state index in [-0.39, 0.29) is 35.0 Å². The third kappa shape index (κ3) is 7.65. The van der Waals surface area contributed by atoms with E-state index in [4.69, 9.17) is 0 Å². The predicted octanol–water partition coefficient (Wildman–Crippen LogP) is 3.79. The first-order chi connectivity index (χ1) is 16.9. The lowest BCUT2D eigenvalue weighted by Gasteiger charge is -2.23. The Bertz CT molecular complexity index is 1130. The van der Waals surface area contributed by atoms with Crippen LogP contribution in [0.1, 0.15) is 79.1 Å². The van der Waals surface area contributed by atoms with Crippen LogP contribution >= 0.6 is 0 Å². The number of benzene rings is 2. The van der Waals surface area contributed by atoms with Crippen molar-refractivity contribution in [2.24, 2.45) is 4.99 Å². The van der Waals surface area contributed by atoms with Gasteiger partial charge in [-0.15, -0.1) is 0 Å². The van der Waals surface area contributed by atoms with Crippen LogP contribution < -0.4 is 10.6 Å². The van der Waals surface area contributed by atoms with Gasteiger partial charge in [0.1, 0.15) is 11.6 Å². The number of β-amino-alcohol motifs (C(OH)–C–C–N with tert-alkyl or cyclic N) is 1. The molecule has 0 radical (unpaired) electrons. The molecule has 2 aromatic carbocycles. The number of carbonyl (C=O) groups is 2. The summed E-state index contributed by atoms with van der Waals surface area (Å²) in [5, 5.41) is 25.4. The average Bonchev–Trinajstić information content (AvgIpc) is 2.81. The summed E-state index contributed by atoms with van der Waals surface area (Å²) in [6.45, 7) is 11.4. The van der Waals surface area contributed by atoms with Gasteiger partial charge in [0, 0.05) is 24.9 Å². The average molecular weight is 494 g/mol. The maximum absolute atomic E-state index is 12.8. The van der Waals surface area contributed by atoms with E-state index in [0.717, 1.165) is 12.0 Å². The Morgan fingerprint density at radius 2 is 1.92 bits per heavy atom. The number of nitrogens with one attached hydrogen (secondary N) is 2. The van der Waals surface area contributed by atoms with E-state index in [2.05, 4.69) is 68.4 Å². The molecule has 0 aromatic heterocycles. The van der Waals surface area contributed by atoms with E-state index < -0.39 is 12.0 Å². The van der Waals surface area contributed by atoms with Gasteiger partial charge in [0.05, 0.1) is 19.2 Å². The lowest BCUT2D eigenvalue weighted by Crippen LogP contribution is -2.39. The third-order valence-corrected chi connectivity index (χ3v) is 6.50. The van der Waals surface area contributed by atoms with Gasteiger partial charge in [0.2, 0.25) is 0 Å². The Hall–Kier alpha value is -3.19. The van der Waals surface area contributed by atoms with E-state index >= 15 is 0 Å². The monoisotopic (exact) mass is 493 g/mol. The normalized spacial score (nSPS) is 16.6. The topological polar surface area (TPSA) is 111 Å². The van der Waals surface area contributed by atoms with Gasteiger partial charge in [-0.1, -0.05) is 51.5 Å². The Morgan fingerprint density at radius 1 is 1.17 bits per heavy atom. The largest absolute Gasteiger partial charge is 0.508 e. The van der Waals surface area contributed by atoms with Crippen LogP contribution in [0.4, 0.5) is 0 Å². The van der Waals surface area contributed by atoms with Gasteiger partial charge >= 0.3 is 0 Å². The summed E-state index contributed by atoms with van der Waals surface area (Å²) in [5.41, 5.74) is 4.62. The van der Waals surface area contributed by atoms with Gasteiger partial charge in [-0.05, 0) is 59.6 Å². The van der Waals surface area contributed by atoms with Crippen molar-refractivity contribution in [3.63, 3.8) is 0 Å². The number of amidine groups is 1. The van der Waals surface area contributed by atoms with Crippen LogP contribution in [-0.4, -0.2) is 53.5 Å². The van der Waals surface area contributed by atoms with E-state index in [0.29, 0.717) is 37.3 Å². The number of aromatic hydroxyl groups is 1. The fourth-order valence-electron chi connectivity index (χ4n) is 4.40. The fraction of sp³-hybridized carbons (Fsp3) is 0.483. The molecule has 1 amide bonds. The van der Waals surface area contributed by atoms with Crippen LogP contribution in [0.2, 0.25) is 0 Å². The summed E-state index contributed by atoms with van der Waals surface area (Å²) in [4.78, 5) is 29.8. The molecule has 36 heavy (non-hydrogen) atoms. The molecule has 1 aliphatic rings. The zero-order valence-electron chi connectivity index (χ0n) is 22.0. The number of amides is 1. The number of hydrogen-bond acceptors (Lipinski definition) is 6. The van der Waals surface area contributed by atoms with Gasteiger partial charge in [0.25, 0.3) is 5.91 Å². The SMILES string of the molecule is CC[C@H](CC(=O)CNC(=O)c1cc(O)cc(CC2=NCC(O)CN2)c1)c1cc(C)cc(C(C)(C)C)c1. The molecule has 0 bridgehead atoms. The summed E-state index contributed by atoms with van der Waals surface area (Å²) >= 11 is 0. The fourth-order valence-corrected chi connectivity index (χ4v) is 4.40. The molecular weight excluding hydrogens is 454 g/mol. The summed E-state index contributed by atoms with van der Waals surface area (Å²) in [5.74, 6) is 0.316. The van der Waals surface area contributed by atoms with Crippen molar-refractivity contribution in [3.8, 4) is 5.75 Å². The molecule has 0 fully saturated rings. The number of phenolic OH excluding ortho intramolecular Hbond substituents is 1. The molecule has 1 unspecified atom stereocenters. The number of rotatable bonds is 9. The van der Waals surface area contributed by atoms with E-state index in [1.165, 1.54) is 17.2 Å². The highest BCUT2D eigenvalue weighted by atomic mass is 16.3. The van der Waals surface area contributed by atoms with Crippen molar-refractivity contribution in [1.29, 1.82) is 0 Å². The molecule has 4 N–H and O–H groups in total. The molecule has 1 heterocycles. The molecule has 7 nitrogen and oxygen atoms in total.